The Morgan fingerprint density at radius 1 is 1.25 bits per heavy atom. The largest absolute Gasteiger partial charge is 0.328 e. The van der Waals surface area contributed by atoms with E-state index in [9.17, 15) is 0 Å². The first-order valence-electron chi connectivity index (χ1n) is 7.21. The number of fused-ring (bicyclic) bond motifs is 1. The fraction of sp³-hybridized carbons (Fsp3) is 0.353. The van der Waals surface area contributed by atoms with Crippen molar-refractivity contribution in [3.05, 3.63) is 53.2 Å². The highest BCUT2D eigenvalue weighted by Crippen LogP contribution is 2.32. The number of benzene rings is 1. The Hall–Kier alpha value is -1.32. The van der Waals surface area contributed by atoms with E-state index in [0.717, 1.165) is 11.4 Å². The van der Waals surface area contributed by atoms with Gasteiger partial charge in [0.05, 0.1) is 0 Å². The maximum Gasteiger partial charge on any atom is 0.104 e. The van der Waals surface area contributed by atoms with Crippen LogP contribution in [0.1, 0.15) is 30.0 Å². The normalized spacial score (nSPS) is 15.1. The van der Waals surface area contributed by atoms with E-state index in [1.54, 1.807) is 11.8 Å². The van der Waals surface area contributed by atoms with Gasteiger partial charge in [-0.15, -0.1) is 0 Å². The maximum atomic E-state index is 5.92. The molecule has 1 aromatic heterocycles. The Labute approximate surface area is 124 Å². The fourth-order valence-electron chi connectivity index (χ4n) is 2.74. The lowest BCUT2D eigenvalue weighted by Crippen LogP contribution is -2.18. The number of aromatic nitrogens is 1. The summed E-state index contributed by atoms with van der Waals surface area (Å²) in [5, 5.41) is 1.09. The summed E-state index contributed by atoms with van der Waals surface area (Å²) in [6.45, 7) is 2.04. The van der Waals surface area contributed by atoms with Gasteiger partial charge in [0.25, 0.3) is 0 Å². The molecule has 3 rings (SSSR count). The highest BCUT2D eigenvalue weighted by Gasteiger charge is 2.13. The van der Waals surface area contributed by atoms with Crippen LogP contribution in [0.5, 0.6) is 0 Å². The minimum Gasteiger partial charge on any atom is -0.328 e. The third kappa shape index (κ3) is 3.05. The van der Waals surface area contributed by atoms with E-state index in [2.05, 4.69) is 29.2 Å². The Kier molecular flexibility index (Phi) is 4.08. The third-order valence-electron chi connectivity index (χ3n) is 3.68. The summed E-state index contributed by atoms with van der Waals surface area (Å²) >= 11 is 1.76. The van der Waals surface area contributed by atoms with Crippen LogP contribution in [0.25, 0.3) is 0 Å². The van der Waals surface area contributed by atoms with Crippen molar-refractivity contribution in [1.82, 2.24) is 4.98 Å². The lowest BCUT2D eigenvalue weighted by molar-refractivity contribution is 0.722. The Morgan fingerprint density at radius 2 is 2.10 bits per heavy atom. The number of nitrogens with zero attached hydrogens (tertiary/aromatic N) is 1. The first-order valence-corrected chi connectivity index (χ1v) is 8.03. The van der Waals surface area contributed by atoms with Crippen LogP contribution in [0.3, 0.4) is 0 Å². The van der Waals surface area contributed by atoms with Crippen LogP contribution in [0.4, 0.5) is 0 Å². The molecule has 1 aliphatic rings. The molecule has 1 atom stereocenters. The molecule has 0 saturated heterocycles. The van der Waals surface area contributed by atoms with Gasteiger partial charge in [0.1, 0.15) is 5.03 Å². The lowest BCUT2D eigenvalue weighted by Gasteiger charge is -2.10. The van der Waals surface area contributed by atoms with Gasteiger partial charge in [-0.25, -0.2) is 4.98 Å². The van der Waals surface area contributed by atoms with E-state index < -0.39 is 0 Å². The smallest absolute Gasteiger partial charge is 0.104 e. The lowest BCUT2D eigenvalue weighted by atomic mass is 10.1. The highest BCUT2D eigenvalue weighted by molar-refractivity contribution is 7.99. The Bertz CT molecular complexity index is 608. The van der Waals surface area contributed by atoms with Gasteiger partial charge < -0.3 is 5.73 Å². The molecule has 20 heavy (non-hydrogen) atoms. The highest BCUT2D eigenvalue weighted by atomic mass is 32.2. The van der Waals surface area contributed by atoms with Gasteiger partial charge in [-0.2, -0.15) is 0 Å². The summed E-state index contributed by atoms with van der Waals surface area (Å²) < 4.78 is 0. The van der Waals surface area contributed by atoms with E-state index in [1.165, 1.54) is 40.8 Å². The number of pyridine rings is 1. The van der Waals surface area contributed by atoms with Gasteiger partial charge in [0.15, 0.2) is 0 Å². The number of rotatable bonds is 4. The zero-order valence-electron chi connectivity index (χ0n) is 11.8. The summed E-state index contributed by atoms with van der Waals surface area (Å²) in [4.78, 5) is 5.82. The maximum absolute atomic E-state index is 5.92. The summed E-state index contributed by atoms with van der Waals surface area (Å²) in [5.74, 6) is 0. The van der Waals surface area contributed by atoms with Crippen molar-refractivity contribution in [1.29, 1.82) is 0 Å². The van der Waals surface area contributed by atoms with Crippen LogP contribution in [-0.2, 0) is 19.3 Å². The molecule has 1 aliphatic carbocycles. The molecule has 104 valence electrons. The minimum atomic E-state index is 0.165. The summed E-state index contributed by atoms with van der Waals surface area (Å²) in [7, 11) is 0. The van der Waals surface area contributed by atoms with E-state index >= 15 is 0 Å². The molecular formula is C17H20N2S. The van der Waals surface area contributed by atoms with Crippen LogP contribution in [-0.4, -0.2) is 11.0 Å². The van der Waals surface area contributed by atoms with Crippen LogP contribution < -0.4 is 5.73 Å². The third-order valence-corrected chi connectivity index (χ3v) is 4.73. The van der Waals surface area contributed by atoms with Crippen molar-refractivity contribution in [2.45, 2.75) is 48.6 Å². The van der Waals surface area contributed by atoms with Gasteiger partial charge in [-0.1, -0.05) is 23.9 Å². The molecule has 0 radical (unpaired) electrons. The summed E-state index contributed by atoms with van der Waals surface area (Å²) in [5.41, 5.74) is 10.2. The zero-order valence-corrected chi connectivity index (χ0v) is 12.6. The molecule has 0 amide bonds. The van der Waals surface area contributed by atoms with Crippen molar-refractivity contribution in [3.8, 4) is 0 Å². The van der Waals surface area contributed by atoms with Crippen molar-refractivity contribution in [3.63, 3.8) is 0 Å². The van der Waals surface area contributed by atoms with Crippen molar-refractivity contribution >= 4 is 11.8 Å². The van der Waals surface area contributed by atoms with Gasteiger partial charge in [-0.3, -0.25) is 0 Å². The predicted octanol–water partition coefficient (Wildman–Crippen LogP) is 3.61. The van der Waals surface area contributed by atoms with Crippen LogP contribution in [0.15, 0.2) is 46.5 Å². The second-order valence-electron chi connectivity index (χ2n) is 5.54. The van der Waals surface area contributed by atoms with E-state index in [-0.39, 0.29) is 6.04 Å². The molecule has 0 saturated carbocycles. The van der Waals surface area contributed by atoms with Crippen molar-refractivity contribution in [2.24, 2.45) is 5.73 Å². The number of hydrogen-bond donors (Lipinski definition) is 1. The SMILES string of the molecule is CC(N)Cc1cccnc1Sc1ccc2c(c1)CCC2. The fourth-order valence-corrected chi connectivity index (χ4v) is 3.70. The molecule has 0 aliphatic heterocycles. The topological polar surface area (TPSA) is 38.9 Å². The monoisotopic (exact) mass is 284 g/mol. The second-order valence-corrected chi connectivity index (χ2v) is 6.60. The van der Waals surface area contributed by atoms with Crippen LogP contribution in [0, 0.1) is 0 Å². The second kappa shape index (κ2) is 5.98. The number of aryl methyl sites for hydroxylation is 2. The molecule has 0 fully saturated rings. The first-order chi connectivity index (χ1) is 9.72. The van der Waals surface area contributed by atoms with Crippen molar-refractivity contribution in [2.75, 3.05) is 0 Å². The number of hydrogen-bond acceptors (Lipinski definition) is 3. The zero-order chi connectivity index (χ0) is 13.9. The molecule has 3 heteroatoms. The molecule has 2 nitrogen and oxygen atoms in total. The van der Waals surface area contributed by atoms with Gasteiger partial charge >= 0.3 is 0 Å². The number of nitrogens with two attached hydrogens (primary N) is 1. The average molecular weight is 284 g/mol. The molecule has 1 heterocycles. The predicted molar refractivity (Wildman–Crippen MR) is 84.2 cm³/mol. The van der Waals surface area contributed by atoms with Crippen LogP contribution in [0.2, 0.25) is 0 Å². The van der Waals surface area contributed by atoms with E-state index in [0.29, 0.717) is 0 Å². The Balaban J connectivity index is 1.84. The van der Waals surface area contributed by atoms with Gasteiger partial charge in [0.2, 0.25) is 0 Å². The molecule has 1 unspecified atom stereocenters. The molecule has 0 spiro atoms. The minimum absolute atomic E-state index is 0.165. The standard InChI is InChI=1S/C17H20N2S/c1-12(18)10-15-6-3-9-19-17(15)20-16-8-7-13-4-2-5-14(13)11-16/h3,6-9,11-12H,2,4-5,10,18H2,1H3. The summed E-state index contributed by atoms with van der Waals surface area (Å²) in [6.07, 6.45) is 6.49. The molecule has 2 N–H and O–H groups in total. The summed E-state index contributed by atoms with van der Waals surface area (Å²) in [6, 6.07) is 11.1. The van der Waals surface area contributed by atoms with Crippen molar-refractivity contribution < 1.29 is 0 Å². The van der Waals surface area contributed by atoms with E-state index in [1.807, 2.05) is 19.2 Å². The molecule has 0 bridgehead atoms. The van der Waals surface area contributed by atoms with Crippen LogP contribution >= 0.6 is 11.8 Å². The van der Waals surface area contributed by atoms with Gasteiger partial charge in [-0.05, 0) is 67.5 Å². The Morgan fingerprint density at radius 3 is 2.95 bits per heavy atom. The first kappa shape index (κ1) is 13.7. The van der Waals surface area contributed by atoms with Gasteiger partial charge in [0, 0.05) is 17.1 Å². The quantitative estimate of drug-likeness (QED) is 0.932. The molecular weight excluding hydrogens is 264 g/mol. The van der Waals surface area contributed by atoms with E-state index in [4.69, 9.17) is 5.73 Å². The molecule has 1 aromatic carbocycles. The molecule has 2 aromatic rings. The average Bonchev–Trinajstić information content (AvgIpc) is 2.88.